The number of rotatable bonds is 7. The Bertz CT molecular complexity index is 137. The van der Waals surface area contributed by atoms with E-state index in [1.54, 1.807) is 0 Å². The molecule has 1 saturated carbocycles. The minimum absolute atomic E-state index is 0.307. The Balaban J connectivity index is 2.14. The van der Waals surface area contributed by atoms with Gasteiger partial charge in [0, 0.05) is 19.1 Å². The molecule has 3 N–H and O–H groups in total. The van der Waals surface area contributed by atoms with E-state index in [1.165, 1.54) is 25.8 Å². The van der Waals surface area contributed by atoms with E-state index in [-0.39, 0.29) is 6.10 Å². The Hall–Kier alpha value is -0.120. The smallest absolute Gasteiger partial charge is 0.0674 e. The van der Waals surface area contributed by atoms with Gasteiger partial charge in [-0.2, -0.15) is 0 Å². The number of aliphatic hydroxyl groups excluding tert-OH is 1. The molecule has 1 unspecified atom stereocenters. The minimum atomic E-state index is -0.307. The first-order valence-corrected chi connectivity index (χ1v) is 5.40. The molecule has 0 bridgehead atoms. The lowest BCUT2D eigenvalue weighted by atomic mass is 10.2. The minimum Gasteiger partial charge on any atom is -0.392 e. The van der Waals surface area contributed by atoms with Crippen LogP contribution in [0.4, 0.5) is 0 Å². The highest BCUT2D eigenvalue weighted by Crippen LogP contribution is 2.26. The molecule has 1 aliphatic rings. The predicted molar refractivity (Wildman–Crippen MR) is 54.6 cm³/mol. The van der Waals surface area contributed by atoms with Gasteiger partial charge in [-0.3, -0.25) is 0 Å². The Morgan fingerprint density at radius 1 is 1.46 bits per heavy atom. The maximum atomic E-state index is 9.33. The maximum absolute atomic E-state index is 9.33. The van der Waals surface area contributed by atoms with Gasteiger partial charge in [0.15, 0.2) is 0 Å². The van der Waals surface area contributed by atoms with Gasteiger partial charge >= 0.3 is 0 Å². The van der Waals surface area contributed by atoms with Gasteiger partial charge in [-0.05, 0) is 32.2 Å². The van der Waals surface area contributed by atoms with E-state index in [0.717, 1.165) is 19.0 Å². The summed E-state index contributed by atoms with van der Waals surface area (Å²) in [6, 6.07) is 0.810. The topological polar surface area (TPSA) is 49.5 Å². The van der Waals surface area contributed by atoms with E-state index in [9.17, 15) is 5.11 Å². The second-order valence-electron chi connectivity index (χ2n) is 3.95. The normalized spacial score (nSPS) is 19.4. The first kappa shape index (κ1) is 11.0. The zero-order valence-corrected chi connectivity index (χ0v) is 8.58. The average molecular weight is 186 g/mol. The third-order valence-corrected chi connectivity index (χ3v) is 2.60. The van der Waals surface area contributed by atoms with Crippen molar-refractivity contribution in [2.75, 3.05) is 19.6 Å². The van der Waals surface area contributed by atoms with Crippen LogP contribution in [0.5, 0.6) is 0 Å². The summed E-state index contributed by atoms with van der Waals surface area (Å²) >= 11 is 0. The fraction of sp³-hybridized carbons (Fsp3) is 1.00. The van der Waals surface area contributed by atoms with Crippen LogP contribution in [0.1, 0.15) is 32.6 Å². The largest absolute Gasteiger partial charge is 0.392 e. The van der Waals surface area contributed by atoms with Crippen LogP contribution in [-0.4, -0.2) is 41.8 Å². The van der Waals surface area contributed by atoms with Crippen molar-refractivity contribution in [2.24, 2.45) is 5.73 Å². The van der Waals surface area contributed by atoms with Gasteiger partial charge in [0.1, 0.15) is 0 Å². The highest BCUT2D eigenvalue weighted by Gasteiger charge is 2.27. The summed E-state index contributed by atoms with van der Waals surface area (Å²) in [5, 5.41) is 9.33. The lowest BCUT2D eigenvalue weighted by Gasteiger charge is -2.22. The number of nitrogens with zero attached hydrogens (tertiary/aromatic N) is 1. The molecule has 0 aromatic rings. The van der Waals surface area contributed by atoms with Crippen LogP contribution < -0.4 is 5.73 Å². The highest BCUT2D eigenvalue weighted by atomic mass is 16.3. The third-order valence-electron chi connectivity index (χ3n) is 2.60. The summed E-state index contributed by atoms with van der Waals surface area (Å²) in [7, 11) is 0. The molecule has 0 aliphatic heterocycles. The molecule has 0 amide bonds. The molecule has 3 heteroatoms. The average Bonchev–Trinajstić information content (AvgIpc) is 2.94. The van der Waals surface area contributed by atoms with Gasteiger partial charge < -0.3 is 15.7 Å². The molecule has 1 fully saturated rings. The summed E-state index contributed by atoms with van der Waals surface area (Å²) in [5.41, 5.74) is 5.36. The van der Waals surface area contributed by atoms with Crippen molar-refractivity contribution < 1.29 is 5.11 Å². The van der Waals surface area contributed by atoms with E-state index in [2.05, 4.69) is 11.8 Å². The van der Waals surface area contributed by atoms with Gasteiger partial charge in [0.2, 0.25) is 0 Å². The van der Waals surface area contributed by atoms with Gasteiger partial charge in [0.25, 0.3) is 0 Å². The van der Waals surface area contributed by atoms with Crippen molar-refractivity contribution in [1.29, 1.82) is 0 Å². The molecule has 13 heavy (non-hydrogen) atoms. The molecule has 3 nitrogen and oxygen atoms in total. The fourth-order valence-electron chi connectivity index (χ4n) is 1.64. The molecule has 0 aromatic carbocycles. The quantitative estimate of drug-likeness (QED) is 0.611. The van der Waals surface area contributed by atoms with Crippen LogP contribution in [0, 0.1) is 0 Å². The molecular formula is C10H22N2O. The summed E-state index contributed by atoms with van der Waals surface area (Å²) < 4.78 is 0. The van der Waals surface area contributed by atoms with Crippen LogP contribution >= 0.6 is 0 Å². The predicted octanol–water partition coefficient (Wildman–Crippen LogP) is 0.570. The molecule has 1 aliphatic carbocycles. The number of nitrogens with two attached hydrogens (primary N) is 1. The number of hydrogen-bond acceptors (Lipinski definition) is 3. The monoisotopic (exact) mass is 186 g/mol. The van der Waals surface area contributed by atoms with Crippen molar-refractivity contribution >= 4 is 0 Å². The number of aliphatic hydroxyl groups is 1. The molecular weight excluding hydrogens is 164 g/mol. The van der Waals surface area contributed by atoms with Gasteiger partial charge in [-0.1, -0.05) is 6.92 Å². The van der Waals surface area contributed by atoms with E-state index < -0.39 is 0 Å². The van der Waals surface area contributed by atoms with E-state index >= 15 is 0 Å². The summed E-state index contributed by atoms with van der Waals surface area (Å²) in [6.07, 6.45) is 4.41. The Labute approximate surface area is 80.9 Å². The van der Waals surface area contributed by atoms with E-state index in [1.807, 2.05) is 0 Å². The highest BCUT2D eigenvalue weighted by molar-refractivity contribution is 4.84. The number of hydrogen-bond donors (Lipinski definition) is 2. The van der Waals surface area contributed by atoms with Crippen molar-refractivity contribution in [1.82, 2.24) is 4.90 Å². The Kier molecular flexibility index (Phi) is 4.70. The van der Waals surface area contributed by atoms with E-state index in [4.69, 9.17) is 5.73 Å². The molecule has 78 valence electrons. The van der Waals surface area contributed by atoms with Crippen LogP contribution in [0.3, 0.4) is 0 Å². The summed E-state index contributed by atoms with van der Waals surface area (Å²) in [5.74, 6) is 0. The molecule has 1 atom stereocenters. The molecule has 0 saturated heterocycles. The SMILES string of the molecule is CCCN(CCC(O)CN)C1CC1. The van der Waals surface area contributed by atoms with Crippen LogP contribution in [0.25, 0.3) is 0 Å². The molecule has 1 rings (SSSR count). The lowest BCUT2D eigenvalue weighted by molar-refractivity contribution is 0.144. The molecule has 0 spiro atoms. The Morgan fingerprint density at radius 3 is 2.62 bits per heavy atom. The summed E-state index contributed by atoms with van der Waals surface area (Å²) in [4.78, 5) is 2.49. The van der Waals surface area contributed by atoms with Gasteiger partial charge in [-0.25, -0.2) is 0 Å². The Morgan fingerprint density at radius 2 is 2.15 bits per heavy atom. The second-order valence-corrected chi connectivity index (χ2v) is 3.95. The lowest BCUT2D eigenvalue weighted by Crippen LogP contribution is -2.32. The van der Waals surface area contributed by atoms with E-state index in [0.29, 0.717) is 6.54 Å². The van der Waals surface area contributed by atoms with Crippen molar-refractivity contribution in [2.45, 2.75) is 44.8 Å². The van der Waals surface area contributed by atoms with Crippen molar-refractivity contribution in [3.63, 3.8) is 0 Å². The molecule has 0 heterocycles. The van der Waals surface area contributed by atoms with Crippen molar-refractivity contribution in [3.05, 3.63) is 0 Å². The van der Waals surface area contributed by atoms with Crippen LogP contribution in [-0.2, 0) is 0 Å². The third kappa shape index (κ3) is 4.07. The molecule has 0 radical (unpaired) electrons. The standard InChI is InChI=1S/C10H22N2O/c1-2-6-12(9-3-4-9)7-5-10(13)8-11/h9-10,13H,2-8,11H2,1H3. The van der Waals surface area contributed by atoms with Crippen molar-refractivity contribution in [3.8, 4) is 0 Å². The maximum Gasteiger partial charge on any atom is 0.0674 e. The van der Waals surface area contributed by atoms with Crippen LogP contribution in [0.2, 0.25) is 0 Å². The first-order valence-electron chi connectivity index (χ1n) is 5.40. The zero-order valence-electron chi connectivity index (χ0n) is 8.58. The zero-order chi connectivity index (χ0) is 9.68. The first-order chi connectivity index (χ1) is 6.27. The van der Waals surface area contributed by atoms with Gasteiger partial charge in [0.05, 0.1) is 6.10 Å². The van der Waals surface area contributed by atoms with Gasteiger partial charge in [-0.15, -0.1) is 0 Å². The van der Waals surface area contributed by atoms with Crippen LogP contribution in [0.15, 0.2) is 0 Å². The molecule has 0 aromatic heterocycles. The summed E-state index contributed by atoms with van der Waals surface area (Å²) in [6.45, 7) is 4.78. The second kappa shape index (κ2) is 5.58. The fourth-order valence-corrected chi connectivity index (χ4v) is 1.64.